The maximum absolute atomic E-state index is 5.19. The Morgan fingerprint density at radius 2 is 2.33 bits per heavy atom. The first-order valence-corrected chi connectivity index (χ1v) is 2.97. The molecule has 0 heterocycles. The summed E-state index contributed by atoms with van der Waals surface area (Å²) >= 11 is 0. The molecule has 9 heavy (non-hydrogen) atoms. The molecule has 0 aliphatic rings. The van der Waals surface area contributed by atoms with Crippen molar-refractivity contribution >= 4 is 0 Å². The minimum absolute atomic E-state index is 0.705. The Balaban J connectivity index is 3.70. The molecule has 52 valence electrons. The van der Waals surface area contributed by atoms with Crippen LogP contribution in [0.1, 0.15) is 13.3 Å². The third-order valence-corrected chi connectivity index (χ3v) is 0.918. The molecular formula is C7H13NO. The number of allylic oxidation sites excluding steroid dienone is 2. The van der Waals surface area contributed by atoms with Gasteiger partial charge in [0.05, 0.1) is 7.11 Å². The molecule has 0 saturated carbocycles. The Bertz CT molecular complexity index is 116. The van der Waals surface area contributed by atoms with Gasteiger partial charge in [0.15, 0.2) is 0 Å². The van der Waals surface area contributed by atoms with Gasteiger partial charge in [-0.25, -0.2) is 0 Å². The SMILES string of the molecule is CC/C=C\C(=C/N)OC. The highest BCUT2D eigenvalue weighted by molar-refractivity contribution is 5.09. The smallest absolute Gasteiger partial charge is 0.133 e. The summed E-state index contributed by atoms with van der Waals surface area (Å²) in [6.45, 7) is 2.06. The first-order chi connectivity index (χ1) is 4.35. The quantitative estimate of drug-likeness (QED) is 0.459. The lowest BCUT2D eigenvalue weighted by molar-refractivity contribution is 0.305. The van der Waals surface area contributed by atoms with Gasteiger partial charge in [-0.3, -0.25) is 0 Å². The summed E-state index contributed by atoms with van der Waals surface area (Å²) in [5.41, 5.74) is 5.19. The largest absolute Gasteiger partial charge is 0.495 e. The van der Waals surface area contributed by atoms with Crippen molar-refractivity contribution in [3.63, 3.8) is 0 Å². The summed E-state index contributed by atoms with van der Waals surface area (Å²) in [4.78, 5) is 0. The van der Waals surface area contributed by atoms with E-state index >= 15 is 0 Å². The molecule has 0 aliphatic carbocycles. The standard InChI is InChI=1S/C7H13NO/c1-3-4-5-7(6-8)9-2/h4-6H,3,8H2,1-2H3/b5-4-,7-6+. The van der Waals surface area contributed by atoms with E-state index in [0.717, 1.165) is 6.42 Å². The third kappa shape index (κ3) is 3.64. The zero-order chi connectivity index (χ0) is 7.11. The van der Waals surface area contributed by atoms with Crippen LogP contribution in [0.2, 0.25) is 0 Å². The maximum atomic E-state index is 5.19. The van der Waals surface area contributed by atoms with Crippen LogP contribution in [0.4, 0.5) is 0 Å². The summed E-state index contributed by atoms with van der Waals surface area (Å²) in [6, 6.07) is 0. The van der Waals surface area contributed by atoms with E-state index in [4.69, 9.17) is 10.5 Å². The Hall–Kier alpha value is -0.920. The van der Waals surface area contributed by atoms with E-state index in [1.54, 1.807) is 7.11 Å². The molecule has 2 heteroatoms. The van der Waals surface area contributed by atoms with Crippen molar-refractivity contribution in [2.45, 2.75) is 13.3 Å². The van der Waals surface area contributed by atoms with Crippen LogP contribution in [0, 0.1) is 0 Å². The van der Waals surface area contributed by atoms with Crippen molar-refractivity contribution in [1.29, 1.82) is 0 Å². The van der Waals surface area contributed by atoms with Crippen molar-refractivity contribution < 1.29 is 4.74 Å². The van der Waals surface area contributed by atoms with Gasteiger partial charge in [-0.15, -0.1) is 0 Å². The molecule has 0 radical (unpaired) electrons. The molecule has 0 unspecified atom stereocenters. The van der Waals surface area contributed by atoms with Gasteiger partial charge in [0, 0.05) is 6.20 Å². The van der Waals surface area contributed by atoms with Gasteiger partial charge in [0.2, 0.25) is 0 Å². The summed E-state index contributed by atoms with van der Waals surface area (Å²) < 4.78 is 4.85. The molecule has 0 fully saturated rings. The van der Waals surface area contributed by atoms with Crippen LogP contribution < -0.4 is 5.73 Å². The second kappa shape index (κ2) is 5.22. The summed E-state index contributed by atoms with van der Waals surface area (Å²) in [7, 11) is 1.60. The van der Waals surface area contributed by atoms with E-state index < -0.39 is 0 Å². The minimum atomic E-state index is 0.705. The predicted molar refractivity (Wildman–Crippen MR) is 38.7 cm³/mol. The summed E-state index contributed by atoms with van der Waals surface area (Å²) in [6.07, 6.45) is 6.27. The lowest BCUT2D eigenvalue weighted by Crippen LogP contribution is -1.87. The van der Waals surface area contributed by atoms with E-state index in [1.807, 2.05) is 12.2 Å². The highest BCUT2D eigenvalue weighted by Gasteiger charge is 1.81. The zero-order valence-electron chi connectivity index (χ0n) is 5.92. The van der Waals surface area contributed by atoms with Gasteiger partial charge >= 0.3 is 0 Å². The fourth-order valence-corrected chi connectivity index (χ4v) is 0.426. The van der Waals surface area contributed by atoms with Crippen LogP contribution in [0.3, 0.4) is 0 Å². The van der Waals surface area contributed by atoms with Crippen molar-refractivity contribution in [3.8, 4) is 0 Å². The lowest BCUT2D eigenvalue weighted by Gasteiger charge is -1.95. The number of rotatable bonds is 3. The third-order valence-electron chi connectivity index (χ3n) is 0.918. The molecule has 0 aromatic heterocycles. The number of methoxy groups -OCH3 is 1. The Morgan fingerprint density at radius 1 is 1.67 bits per heavy atom. The molecule has 0 aromatic carbocycles. The summed E-state index contributed by atoms with van der Waals surface area (Å²) in [5, 5.41) is 0. The van der Waals surface area contributed by atoms with Gasteiger partial charge in [0.25, 0.3) is 0 Å². The Kier molecular flexibility index (Phi) is 4.69. The Labute approximate surface area is 56.0 Å². The van der Waals surface area contributed by atoms with E-state index in [0.29, 0.717) is 5.76 Å². The zero-order valence-corrected chi connectivity index (χ0v) is 5.92. The van der Waals surface area contributed by atoms with Crippen LogP contribution in [0.15, 0.2) is 24.1 Å². The van der Waals surface area contributed by atoms with Crippen molar-refractivity contribution in [1.82, 2.24) is 0 Å². The normalized spacial score (nSPS) is 12.4. The highest BCUT2D eigenvalue weighted by Crippen LogP contribution is 1.94. The molecule has 0 aliphatic heterocycles. The molecule has 0 atom stereocenters. The van der Waals surface area contributed by atoms with Crippen LogP contribution >= 0.6 is 0 Å². The van der Waals surface area contributed by atoms with Crippen molar-refractivity contribution in [2.75, 3.05) is 7.11 Å². The van der Waals surface area contributed by atoms with Gasteiger partial charge in [-0.2, -0.15) is 0 Å². The fourth-order valence-electron chi connectivity index (χ4n) is 0.426. The lowest BCUT2D eigenvalue weighted by atomic mass is 10.4. The number of ether oxygens (including phenoxy) is 1. The second-order valence-corrected chi connectivity index (χ2v) is 1.58. The van der Waals surface area contributed by atoms with E-state index in [1.165, 1.54) is 6.20 Å². The molecule has 0 saturated heterocycles. The van der Waals surface area contributed by atoms with Gasteiger partial charge in [-0.1, -0.05) is 13.0 Å². The number of hydrogen-bond acceptors (Lipinski definition) is 2. The number of nitrogens with two attached hydrogens (primary N) is 1. The molecule has 0 amide bonds. The predicted octanol–water partition coefficient (Wildman–Crippen LogP) is 1.40. The summed E-state index contributed by atoms with van der Waals surface area (Å²) in [5.74, 6) is 0.705. The van der Waals surface area contributed by atoms with Crippen LogP contribution in [0.25, 0.3) is 0 Å². The Morgan fingerprint density at radius 3 is 2.67 bits per heavy atom. The molecule has 2 N–H and O–H groups in total. The van der Waals surface area contributed by atoms with Crippen LogP contribution in [0.5, 0.6) is 0 Å². The number of hydrogen-bond donors (Lipinski definition) is 1. The maximum Gasteiger partial charge on any atom is 0.133 e. The first-order valence-electron chi connectivity index (χ1n) is 2.97. The first kappa shape index (κ1) is 8.08. The molecule has 0 spiro atoms. The molecule has 0 aromatic rings. The van der Waals surface area contributed by atoms with Crippen LogP contribution in [-0.4, -0.2) is 7.11 Å². The molecule has 0 rings (SSSR count). The minimum Gasteiger partial charge on any atom is -0.495 e. The average molecular weight is 127 g/mol. The van der Waals surface area contributed by atoms with E-state index in [2.05, 4.69) is 6.92 Å². The van der Waals surface area contributed by atoms with Gasteiger partial charge < -0.3 is 10.5 Å². The van der Waals surface area contributed by atoms with Crippen LogP contribution in [-0.2, 0) is 4.74 Å². The monoisotopic (exact) mass is 127 g/mol. The molecule has 2 nitrogen and oxygen atoms in total. The van der Waals surface area contributed by atoms with E-state index in [9.17, 15) is 0 Å². The topological polar surface area (TPSA) is 35.2 Å². The van der Waals surface area contributed by atoms with Gasteiger partial charge in [0.1, 0.15) is 5.76 Å². The fraction of sp³-hybridized carbons (Fsp3) is 0.429. The van der Waals surface area contributed by atoms with Crippen molar-refractivity contribution in [3.05, 3.63) is 24.1 Å². The van der Waals surface area contributed by atoms with Gasteiger partial charge in [-0.05, 0) is 12.5 Å². The average Bonchev–Trinajstić information content (AvgIpc) is 1.91. The molecular weight excluding hydrogens is 114 g/mol. The van der Waals surface area contributed by atoms with E-state index in [-0.39, 0.29) is 0 Å². The highest BCUT2D eigenvalue weighted by atomic mass is 16.5. The molecule has 0 bridgehead atoms. The van der Waals surface area contributed by atoms with Crippen molar-refractivity contribution in [2.24, 2.45) is 5.73 Å². The second-order valence-electron chi connectivity index (χ2n) is 1.58.